The highest BCUT2D eigenvalue weighted by Crippen LogP contribution is 2.11. The number of amides is 1. The van der Waals surface area contributed by atoms with Crippen LogP contribution in [0.5, 0.6) is 5.75 Å². The molecule has 0 unspecified atom stereocenters. The van der Waals surface area contributed by atoms with Crippen LogP contribution >= 0.6 is 0 Å². The number of carbonyl (C=O) groups is 1. The summed E-state index contributed by atoms with van der Waals surface area (Å²) in [6.07, 6.45) is 0.159. The molecule has 1 rings (SSSR count). The summed E-state index contributed by atoms with van der Waals surface area (Å²) < 4.78 is 18.0. The number of ether oxygens (including phenoxy) is 1. The van der Waals surface area contributed by atoms with Crippen LogP contribution in [0.25, 0.3) is 0 Å². The van der Waals surface area contributed by atoms with E-state index in [0.29, 0.717) is 5.75 Å². The van der Waals surface area contributed by atoms with Crippen molar-refractivity contribution < 1.29 is 19.0 Å². The second-order valence-corrected chi connectivity index (χ2v) is 4.65. The van der Waals surface area contributed by atoms with Crippen molar-refractivity contribution in [2.24, 2.45) is 0 Å². The van der Waals surface area contributed by atoms with Crippen LogP contribution in [-0.2, 0) is 4.79 Å². The largest absolute Gasteiger partial charge is 0.493 e. The Balaban J connectivity index is 2.23. The number of benzene rings is 1. The molecular formula is C13H18FNO3. The topological polar surface area (TPSA) is 58.6 Å². The minimum Gasteiger partial charge on any atom is -0.493 e. The van der Waals surface area contributed by atoms with Gasteiger partial charge in [0.25, 0.3) is 0 Å². The van der Waals surface area contributed by atoms with Crippen molar-refractivity contribution >= 4 is 5.91 Å². The van der Waals surface area contributed by atoms with Crippen molar-refractivity contribution in [3.05, 3.63) is 30.1 Å². The van der Waals surface area contributed by atoms with Crippen LogP contribution in [0.3, 0.4) is 0 Å². The van der Waals surface area contributed by atoms with Crippen LogP contribution in [-0.4, -0.2) is 29.8 Å². The Morgan fingerprint density at radius 2 is 2.22 bits per heavy atom. The van der Waals surface area contributed by atoms with Crippen LogP contribution in [0, 0.1) is 5.82 Å². The molecule has 0 spiro atoms. The Labute approximate surface area is 106 Å². The monoisotopic (exact) mass is 255 g/mol. The Hall–Kier alpha value is -1.62. The predicted molar refractivity (Wildman–Crippen MR) is 65.8 cm³/mol. The van der Waals surface area contributed by atoms with Crippen molar-refractivity contribution in [1.82, 2.24) is 5.32 Å². The summed E-state index contributed by atoms with van der Waals surface area (Å²) in [5.41, 5.74) is -0.931. The number of rotatable bonds is 6. The van der Waals surface area contributed by atoms with E-state index in [1.54, 1.807) is 26.0 Å². The zero-order chi connectivity index (χ0) is 13.6. The lowest BCUT2D eigenvalue weighted by atomic mass is 10.1. The van der Waals surface area contributed by atoms with Gasteiger partial charge in [-0.3, -0.25) is 4.79 Å². The summed E-state index contributed by atoms with van der Waals surface area (Å²) in [6.45, 7) is 3.57. The van der Waals surface area contributed by atoms with E-state index >= 15 is 0 Å². The average molecular weight is 255 g/mol. The molecule has 5 heteroatoms. The predicted octanol–water partition coefficient (Wildman–Crippen LogP) is 1.48. The van der Waals surface area contributed by atoms with Gasteiger partial charge in [-0.25, -0.2) is 4.39 Å². The van der Waals surface area contributed by atoms with Gasteiger partial charge in [-0.15, -0.1) is 0 Å². The van der Waals surface area contributed by atoms with Crippen molar-refractivity contribution in [2.45, 2.75) is 25.9 Å². The van der Waals surface area contributed by atoms with Crippen molar-refractivity contribution in [1.29, 1.82) is 0 Å². The van der Waals surface area contributed by atoms with Gasteiger partial charge >= 0.3 is 0 Å². The maximum absolute atomic E-state index is 12.8. The molecule has 0 aromatic heterocycles. The molecule has 2 N–H and O–H groups in total. The molecule has 0 fully saturated rings. The van der Waals surface area contributed by atoms with Crippen molar-refractivity contribution in [2.75, 3.05) is 13.2 Å². The third-order valence-corrected chi connectivity index (χ3v) is 2.11. The van der Waals surface area contributed by atoms with E-state index in [9.17, 15) is 14.3 Å². The van der Waals surface area contributed by atoms with Crippen molar-refractivity contribution in [3.8, 4) is 5.75 Å². The van der Waals surface area contributed by atoms with Gasteiger partial charge < -0.3 is 15.2 Å². The first-order valence-corrected chi connectivity index (χ1v) is 5.74. The van der Waals surface area contributed by atoms with Gasteiger partial charge in [0.15, 0.2) is 0 Å². The molecule has 0 aliphatic carbocycles. The maximum atomic E-state index is 12.8. The highest BCUT2D eigenvalue weighted by Gasteiger charge is 2.13. The minimum absolute atomic E-state index is 0.159. The Bertz CT molecular complexity index is 401. The molecule has 0 bridgehead atoms. The molecular weight excluding hydrogens is 237 g/mol. The third-order valence-electron chi connectivity index (χ3n) is 2.11. The normalized spacial score (nSPS) is 11.1. The molecule has 0 radical (unpaired) electrons. The zero-order valence-corrected chi connectivity index (χ0v) is 10.6. The number of carbonyl (C=O) groups excluding carboxylic acids is 1. The van der Waals surface area contributed by atoms with E-state index < -0.39 is 5.60 Å². The summed E-state index contributed by atoms with van der Waals surface area (Å²) in [4.78, 5) is 11.4. The second kappa shape index (κ2) is 6.35. The third kappa shape index (κ3) is 6.20. The van der Waals surface area contributed by atoms with Gasteiger partial charge in [-0.1, -0.05) is 6.07 Å². The summed E-state index contributed by atoms with van der Waals surface area (Å²) in [6, 6.07) is 5.74. The molecule has 0 saturated carbocycles. The molecule has 0 aliphatic rings. The number of hydrogen-bond acceptors (Lipinski definition) is 3. The fourth-order valence-corrected chi connectivity index (χ4v) is 1.22. The number of aliphatic hydroxyl groups is 1. The molecule has 4 nitrogen and oxygen atoms in total. The lowest BCUT2D eigenvalue weighted by Gasteiger charge is -2.17. The molecule has 1 aromatic rings. The molecule has 18 heavy (non-hydrogen) atoms. The summed E-state index contributed by atoms with van der Waals surface area (Å²) in [5.74, 6) is -0.196. The van der Waals surface area contributed by atoms with Gasteiger partial charge in [0.2, 0.25) is 5.91 Å². The first-order valence-electron chi connectivity index (χ1n) is 5.74. The van der Waals surface area contributed by atoms with Crippen LogP contribution in [0.2, 0.25) is 0 Å². The maximum Gasteiger partial charge on any atom is 0.223 e. The Kier molecular flexibility index (Phi) is 5.09. The minimum atomic E-state index is -0.931. The standard InChI is InChI=1S/C13H18FNO3/c1-13(2,17)9-15-12(16)6-7-18-11-5-3-4-10(14)8-11/h3-5,8,17H,6-7,9H2,1-2H3,(H,15,16). The first-order chi connectivity index (χ1) is 8.37. The van der Waals surface area contributed by atoms with Crippen LogP contribution in [0.15, 0.2) is 24.3 Å². The number of halogens is 1. The van der Waals surface area contributed by atoms with Gasteiger partial charge in [0.1, 0.15) is 11.6 Å². The smallest absolute Gasteiger partial charge is 0.223 e. The highest BCUT2D eigenvalue weighted by molar-refractivity contribution is 5.76. The van der Waals surface area contributed by atoms with Crippen LogP contribution < -0.4 is 10.1 Å². The van der Waals surface area contributed by atoms with E-state index in [1.807, 2.05) is 0 Å². The van der Waals surface area contributed by atoms with E-state index in [4.69, 9.17) is 4.74 Å². The van der Waals surface area contributed by atoms with E-state index in [0.717, 1.165) is 0 Å². The molecule has 0 saturated heterocycles. The zero-order valence-electron chi connectivity index (χ0n) is 10.6. The fraction of sp³-hybridized carbons (Fsp3) is 0.462. The summed E-state index contributed by atoms with van der Waals surface area (Å²) in [7, 11) is 0. The Morgan fingerprint density at radius 3 is 2.83 bits per heavy atom. The van der Waals surface area contributed by atoms with Gasteiger partial charge in [-0.05, 0) is 26.0 Å². The lowest BCUT2D eigenvalue weighted by molar-refractivity contribution is -0.122. The quantitative estimate of drug-likeness (QED) is 0.809. The Morgan fingerprint density at radius 1 is 1.50 bits per heavy atom. The van der Waals surface area contributed by atoms with E-state index in [-0.39, 0.29) is 31.3 Å². The van der Waals surface area contributed by atoms with E-state index in [2.05, 4.69) is 5.32 Å². The lowest BCUT2D eigenvalue weighted by Crippen LogP contribution is -2.38. The van der Waals surface area contributed by atoms with Crippen LogP contribution in [0.4, 0.5) is 4.39 Å². The summed E-state index contributed by atoms with van der Waals surface area (Å²) in [5, 5.41) is 12.0. The van der Waals surface area contributed by atoms with Crippen molar-refractivity contribution in [3.63, 3.8) is 0 Å². The first kappa shape index (κ1) is 14.4. The van der Waals surface area contributed by atoms with Gasteiger partial charge in [0.05, 0.1) is 18.6 Å². The molecule has 0 atom stereocenters. The van der Waals surface area contributed by atoms with Crippen LogP contribution in [0.1, 0.15) is 20.3 Å². The molecule has 0 aliphatic heterocycles. The number of hydrogen-bond donors (Lipinski definition) is 2. The molecule has 1 amide bonds. The average Bonchev–Trinajstić information content (AvgIpc) is 2.25. The fourth-order valence-electron chi connectivity index (χ4n) is 1.22. The van der Waals surface area contributed by atoms with Gasteiger partial charge in [-0.2, -0.15) is 0 Å². The molecule has 100 valence electrons. The number of nitrogens with one attached hydrogen (secondary N) is 1. The van der Waals surface area contributed by atoms with E-state index in [1.165, 1.54) is 12.1 Å². The molecule has 1 aromatic carbocycles. The highest BCUT2D eigenvalue weighted by atomic mass is 19.1. The summed E-state index contributed by atoms with van der Waals surface area (Å²) >= 11 is 0. The SMILES string of the molecule is CC(C)(O)CNC(=O)CCOc1cccc(F)c1. The molecule has 0 heterocycles. The van der Waals surface area contributed by atoms with Gasteiger partial charge in [0, 0.05) is 12.6 Å². The second-order valence-electron chi connectivity index (χ2n) is 4.65.